The van der Waals surface area contributed by atoms with Crippen LogP contribution in [-0.2, 0) is 13.2 Å². The van der Waals surface area contributed by atoms with Crippen LogP contribution in [0.5, 0.6) is 11.5 Å². The average molecular weight is 351 g/mol. The van der Waals surface area contributed by atoms with Crippen molar-refractivity contribution >= 4 is 15.9 Å². The molecule has 112 valence electrons. The first-order chi connectivity index (χ1) is 10.2. The van der Waals surface area contributed by atoms with E-state index in [9.17, 15) is 0 Å². The van der Waals surface area contributed by atoms with E-state index in [2.05, 4.69) is 20.9 Å². The second-order valence-corrected chi connectivity index (χ2v) is 5.45. The van der Waals surface area contributed by atoms with E-state index >= 15 is 0 Å². The largest absolute Gasteiger partial charge is 0.490 e. The summed E-state index contributed by atoms with van der Waals surface area (Å²) in [5.74, 6) is 1.38. The molecule has 1 heterocycles. The lowest BCUT2D eigenvalue weighted by Crippen LogP contribution is -2.05. The highest BCUT2D eigenvalue weighted by atomic mass is 79.9. The first kappa shape index (κ1) is 15.8. The molecule has 5 heteroatoms. The van der Waals surface area contributed by atoms with Crippen LogP contribution in [-0.4, -0.2) is 11.6 Å². The number of rotatable bonds is 6. The van der Waals surface area contributed by atoms with Crippen molar-refractivity contribution in [3.8, 4) is 11.5 Å². The number of ether oxygens (including phenoxy) is 2. The fourth-order valence-corrected chi connectivity index (χ4v) is 2.56. The first-order valence-corrected chi connectivity index (χ1v) is 7.63. The quantitative estimate of drug-likeness (QED) is 0.864. The molecule has 0 unspecified atom stereocenters. The number of nitrogens with two attached hydrogens (primary N) is 1. The molecule has 0 radical (unpaired) electrons. The van der Waals surface area contributed by atoms with Crippen LogP contribution in [0.1, 0.15) is 23.7 Å². The lowest BCUT2D eigenvalue weighted by molar-refractivity contribution is 0.264. The summed E-state index contributed by atoms with van der Waals surface area (Å²) in [7, 11) is 0. The van der Waals surface area contributed by atoms with E-state index in [1.165, 1.54) is 0 Å². The van der Waals surface area contributed by atoms with Gasteiger partial charge in [-0.05, 0) is 59.1 Å². The van der Waals surface area contributed by atoms with E-state index in [4.69, 9.17) is 15.2 Å². The Morgan fingerprint density at radius 3 is 2.76 bits per heavy atom. The summed E-state index contributed by atoms with van der Waals surface area (Å²) in [4.78, 5) is 4.33. The van der Waals surface area contributed by atoms with Crippen molar-refractivity contribution in [3.63, 3.8) is 0 Å². The summed E-state index contributed by atoms with van der Waals surface area (Å²) in [6, 6.07) is 7.79. The number of aromatic nitrogens is 1. The number of aryl methyl sites for hydroxylation is 1. The van der Waals surface area contributed by atoms with Crippen molar-refractivity contribution in [1.29, 1.82) is 0 Å². The van der Waals surface area contributed by atoms with E-state index in [0.717, 1.165) is 21.3 Å². The van der Waals surface area contributed by atoms with Crippen molar-refractivity contribution in [1.82, 2.24) is 4.98 Å². The Hall–Kier alpha value is -1.59. The Morgan fingerprint density at radius 1 is 1.29 bits per heavy atom. The summed E-state index contributed by atoms with van der Waals surface area (Å²) < 4.78 is 12.4. The smallest absolute Gasteiger partial charge is 0.175 e. The molecule has 2 aromatic rings. The maximum absolute atomic E-state index is 5.91. The second kappa shape index (κ2) is 7.43. The van der Waals surface area contributed by atoms with Crippen LogP contribution in [0.2, 0.25) is 0 Å². The number of nitrogens with zero attached hydrogens (tertiary/aromatic N) is 1. The summed E-state index contributed by atoms with van der Waals surface area (Å²) >= 11 is 3.52. The third-order valence-electron chi connectivity index (χ3n) is 3.08. The van der Waals surface area contributed by atoms with Gasteiger partial charge in [0, 0.05) is 12.7 Å². The van der Waals surface area contributed by atoms with Crippen LogP contribution in [0.3, 0.4) is 0 Å². The van der Waals surface area contributed by atoms with Gasteiger partial charge < -0.3 is 15.2 Å². The van der Waals surface area contributed by atoms with E-state index < -0.39 is 0 Å². The molecule has 1 aromatic carbocycles. The highest BCUT2D eigenvalue weighted by Crippen LogP contribution is 2.37. The molecule has 2 N–H and O–H groups in total. The van der Waals surface area contributed by atoms with E-state index in [1.807, 2.05) is 38.1 Å². The average Bonchev–Trinajstić information content (AvgIpc) is 2.48. The Kier molecular flexibility index (Phi) is 5.59. The summed E-state index contributed by atoms with van der Waals surface area (Å²) in [5, 5.41) is 0. The van der Waals surface area contributed by atoms with Gasteiger partial charge in [0.2, 0.25) is 0 Å². The van der Waals surface area contributed by atoms with Gasteiger partial charge in [-0.15, -0.1) is 0 Å². The van der Waals surface area contributed by atoms with Gasteiger partial charge in [0.05, 0.1) is 16.8 Å². The lowest BCUT2D eigenvalue weighted by Gasteiger charge is -2.15. The van der Waals surface area contributed by atoms with Gasteiger partial charge in [-0.3, -0.25) is 4.98 Å². The van der Waals surface area contributed by atoms with Crippen molar-refractivity contribution in [3.05, 3.63) is 51.8 Å². The zero-order chi connectivity index (χ0) is 15.2. The van der Waals surface area contributed by atoms with E-state index in [0.29, 0.717) is 31.3 Å². The Labute approximate surface area is 133 Å². The minimum absolute atomic E-state index is 0.396. The van der Waals surface area contributed by atoms with Gasteiger partial charge in [-0.25, -0.2) is 0 Å². The van der Waals surface area contributed by atoms with Crippen molar-refractivity contribution in [2.24, 2.45) is 5.73 Å². The van der Waals surface area contributed by atoms with Crippen molar-refractivity contribution < 1.29 is 9.47 Å². The molecule has 0 amide bonds. The minimum Gasteiger partial charge on any atom is -0.490 e. The van der Waals surface area contributed by atoms with Gasteiger partial charge >= 0.3 is 0 Å². The minimum atomic E-state index is 0.396. The van der Waals surface area contributed by atoms with Crippen LogP contribution < -0.4 is 15.2 Å². The summed E-state index contributed by atoms with van der Waals surface area (Å²) in [6.45, 7) is 5.38. The topological polar surface area (TPSA) is 57.4 Å². The summed E-state index contributed by atoms with van der Waals surface area (Å²) in [5.41, 5.74) is 8.70. The highest BCUT2D eigenvalue weighted by molar-refractivity contribution is 9.10. The monoisotopic (exact) mass is 350 g/mol. The molecule has 0 aliphatic heterocycles. The Balaban J connectivity index is 2.24. The van der Waals surface area contributed by atoms with Crippen LogP contribution in [0.25, 0.3) is 0 Å². The maximum atomic E-state index is 5.91. The first-order valence-electron chi connectivity index (χ1n) is 6.84. The molecular weight excluding hydrogens is 332 g/mol. The number of pyridine rings is 1. The van der Waals surface area contributed by atoms with Gasteiger partial charge in [0.15, 0.2) is 11.5 Å². The van der Waals surface area contributed by atoms with Gasteiger partial charge in [-0.2, -0.15) is 0 Å². The molecule has 0 spiro atoms. The second-order valence-electron chi connectivity index (χ2n) is 4.60. The predicted molar refractivity (Wildman–Crippen MR) is 86.5 cm³/mol. The molecule has 2 rings (SSSR count). The third-order valence-corrected chi connectivity index (χ3v) is 3.66. The van der Waals surface area contributed by atoms with Crippen LogP contribution in [0.4, 0.5) is 0 Å². The molecule has 1 aromatic heterocycles. The SMILES string of the molecule is CCOc1cc(CN)cc(Br)c1OCc1ncccc1C. The molecule has 21 heavy (non-hydrogen) atoms. The molecule has 0 aliphatic carbocycles. The van der Waals surface area contributed by atoms with Gasteiger partial charge in [-0.1, -0.05) is 6.07 Å². The molecule has 0 bridgehead atoms. The maximum Gasteiger partial charge on any atom is 0.175 e. The van der Waals surface area contributed by atoms with E-state index in [1.54, 1.807) is 6.20 Å². The van der Waals surface area contributed by atoms with Crippen LogP contribution in [0.15, 0.2) is 34.9 Å². The number of halogens is 1. The zero-order valence-electron chi connectivity index (χ0n) is 12.2. The molecule has 0 fully saturated rings. The lowest BCUT2D eigenvalue weighted by atomic mass is 10.2. The Bertz CT molecular complexity index is 617. The standard InChI is InChI=1S/C16H19BrN2O2/c1-3-20-15-8-12(9-18)7-13(17)16(15)21-10-14-11(2)5-4-6-19-14/h4-8H,3,9-10,18H2,1-2H3. The summed E-state index contributed by atoms with van der Waals surface area (Å²) in [6.07, 6.45) is 1.77. The number of benzene rings is 1. The number of hydrogen-bond acceptors (Lipinski definition) is 4. The zero-order valence-corrected chi connectivity index (χ0v) is 13.8. The van der Waals surface area contributed by atoms with Gasteiger partial charge in [0.1, 0.15) is 6.61 Å². The molecule has 0 atom stereocenters. The van der Waals surface area contributed by atoms with Crippen molar-refractivity contribution in [2.45, 2.75) is 27.0 Å². The molecule has 0 aliphatic rings. The molecule has 0 saturated carbocycles. The fourth-order valence-electron chi connectivity index (χ4n) is 1.95. The predicted octanol–water partition coefficient (Wildman–Crippen LogP) is 3.59. The fraction of sp³-hybridized carbons (Fsp3) is 0.312. The van der Waals surface area contributed by atoms with Gasteiger partial charge in [0.25, 0.3) is 0 Å². The molecule has 0 saturated heterocycles. The normalized spacial score (nSPS) is 10.5. The number of hydrogen-bond donors (Lipinski definition) is 1. The molecule has 4 nitrogen and oxygen atoms in total. The third kappa shape index (κ3) is 3.95. The van der Waals surface area contributed by atoms with Crippen LogP contribution in [0, 0.1) is 6.92 Å². The van der Waals surface area contributed by atoms with E-state index in [-0.39, 0.29) is 0 Å². The van der Waals surface area contributed by atoms with Crippen molar-refractivity contribution in [2.75, 3.05) is 6.61 Å². The molecular formula is C16H19BrN2O2. The Morgan fingerprint density at radius 2 is 2.10 bits per heavy atom. The van der Waals surface area contributed by atoms with Crippen LogP contribution >= 0.6 is 15.9 Å². The highest BCUT2D eigenvalue weighted by Gasteiger charge is 2.13.